The molecule has 1 amide bonds. The summed E-state index contributed by atoms with van der Waals surface area (Å²) in [5.74, 6) is -0.749. The first kappa shape index (κ1) is 25.5. The number of alkyl halides is 4. The van der Waals surface area contributed by atoms with Crippen LogP contribution in [-0.4, -0.2) is 38.3 Å². The van der Waals surface area contributed by atoms with Gasteiger partial charge >= 0.3 is 6.18 Å². The minimum absolute atomic E-state index is 0.0516. The minimum Gasteiger partial charge on any atom is -0.402 e. The molecule has 0 aliphatic rings. The monoisotopic (exact) mass is 469 g/mol. The molecular weight excluding hydrogens is 446 g/mol. The fourth-order valence-corrected chi connectivity index (χ4v) is 2.76. The number of amides is 1. The second-order valence-corrected chi connectivity index (χ2v) is 7.19. The molecule has 0 saturated heterocycles. The van der Waals surface area contributed by atoms with E-state index in [0.717, 1.165) is 12.1 Å². The molecule has 0 aliphatic carbocycles. The zero-order chi connectivity index (χ0) is 24.6. The van der Waals surface area contributed by atoms with Crippen molar-refractivity contribution in [2.45, 2.75) is 45.1 Å². The van der Waals surface area contributed by atoms with Gasteiger partial charge in [-0.1, -0.05) is 5.21 Å². The van der Waals surface area contributed by atoms with Crippen LogP contribution >= 0.6 is 0 Å². The maximum absolute atomic E-state index is 14.0. The highest BCUT2D eigenvalue weighted by Gasteiger charge is 2.31. The van der Waals surface area contributed by atoms with Crippen molar-refractivity contribution in [1.29, 1.82) is 0 Å². The lowest BCUT2D eigenvalue weighted by molar-refractivity contribution is -0.137. The van der Waals surface area contributed by atoms with Crippen LogP contribution < -0.4 is 16.8 Å². The quantitative estimate of drug-likeness (QED) is 0.274. The van der Waals surface area contributed by atoms with E-state index < -0.39 is 30.2 Å². The van der Waals surface area contributed by atoms with E-state index in [1.54, 1.807) is 0 Å². The van der Waals surface area contributed by atoms with Gasteiger partial charge in [0.2, 0.25) is 5.91 Å². The lowest BCUT2D eigenvalue weighted by Gasteiger charge is -2.10. The number of allylic oxidation sites excluding steroid dienone is 3. The Morgan fingerprint density at radius 1 is 1.27 bits per heavy atom. The SMILES string of the molecule is Cc1cc(C(F)(F)F)cc(CC(=O)N/C(N)=C/C=C(\N)CCC(F)Cn2cc(C=O)nn2)n1. The molecule has 2 aromatic heterocycles. The summed E-state index contributed by atoms with van der Waals surface area (Å²) >= 11 is 0. The number of nitrogens with zero attached hydrogens (tertiary/aromatic N) is 4. The molecule has 178 valence electrons. The molecule has 9 nitrogen and oxygen atoms in total. The van der Waals surface area contributed by atoms with Gasteiger partial charge in [-0.25, -0.2) is 9.07 Å². The van der Waals surface area contributed by atoms with Crippen LogP contribution in [0.25, 0.3) is 0 Å². The Morgan fingerprint density at radius 3 is 2.64 bits per heavy atom. The van der Waals surface area contributed by atoms with Gasteiger partial charge < -0.3 is 16.8 Å². The zero-order valence-corrected chi connectivity index (χ0v) is 17.6. The van der Waals surface area contributed by atoms with Gasteiger partial charge in [-0.15, -0.1) is 5.10 Å². The number of rotatable bonds is 10. The standard InChI is InChI=1S/C20H23F4N7O2/c1-12-6-13(20(22,23)24)7-16(27-12)8-19(33)28-18(26)5-4-15(25)3-2-14(21)9-31-10-17(11-32)29-30-31/h4-7,10-11,14H,2-3,8-9,25-26H2,1H3,(H,28,33)/b15-4-,18-5+. The Balaban J connectivity index is 1.85. The molecule has 2 aromatic rings. The van der Waals surface area contributed by atoms with Crippen molar-refractivity contribution in [2.75, 3.05) is 0 Å². The maximum Gasteiger partial charge on any atom is 0.416 e. The topological polar surface area (TPSA) is 142 Å². The average Bonchev–Trinajstić information content (AvgIpc) is 3.17. The number of aromatic nitrogens is 4. The molecule has 33 heavy (non-hydrogen) atoms. The molecule has 1 atom stereocenters. The third kappa shape index (κ3) is 8.71. The average molecular weight is 469 g/mol. The molecule has 0 spiro atoms. The highest BCUT2D eigenvalue weighted by Crippen LogP contribution is 2.29. The number of aryl methyl sites for hydroxylation is 1. The number of nitrogens with two attached hydrogens (primary N) is 2. The molecule has 0 bridgehead atoms. The summed E-state index contributed by atoms with van der Waals surface area (Å²) in [6, 6.07) is 1.69. The van der Waals surface area contributed by atoms with E-state index in [1.165, 1.54) is 30.0 Å². The van der Waals surface area contributed by atoms with E-state index in [2.05, 4.69) is 20.6 Å². The molecule has 0 radical (unpaired) electrons. The van der Waals surface area contributed by atoms with Gasteiger partial charge in [-0.2, -0.15) is 13.2 Å². The summed E-state index contributed by atoms with van der Waals surface area (Å²) in [6.07, 6.45) is -1.49. The molecule has 2 rings (SSSR count). The van der Waals surface area contributed by atoms with E-state index >= 15 is 0 Å². The first-order chi connectivity index (χ1) is 15.5. The van der Waals surface area contributed by atoms with Crippen molar-refractivity contribution < 1.29 is 27.2 Å². The van der Waals surface area contributed by atoms with Crippen molar-refractivity contribution in [3.63, 3.8) is 0 Å². The summed E-state index contributed by atoms with van der Waals surface area (Å²) in [6.45, 7) is 1.31. The summed E-state index contributed by atoms with van der Waals surface area (Å²) < 4.78 is 53.9. The fraction of sp³-hybridized carbons (Fsp3) is 0.350. The Morgan fingerprint density at radius 2 is 2.00 bits per heavy atom. The number of hydrogen-bond acceptors (Lipinski definition) is 7. The first-order valence-electron chi connectivity index (χ1n) is 9.72. The number of hydrogen-bond donors (Lipinski definition) is 3. The van der Waals surface area contributed by atoms with Crippen molar-refractivity contribution in [1.82, 2.24) is 25.3 Å². The van der Waals surface area contributed by atoms with Crippen molar-refractivity contribution in [2.24, 2.45) is 11.5 Å². The normalized spacial score (nSPS) is 13.6. The zero-order valence-electron chi connectivity index (χ0n) is 17.6. The molecule has 0 saturated carbocycles. The number of halogens is 4. The van der Waals surface area contributed by atoms with Crippen LogP contribution in [0.4, 0.5) is 17.6 Å². The highest BCUT2D eigenvalue weighted by molar-refractivity contribution is 5.79. The Hall–Kier alpha value is -3.77. The summed E-state index contributed by atoms with van der Waals surface area (Å²) in [7, 11) is 0. The number of carbonyl (C=O) groups excluding carboxylic acids is 2. The van der Waals surface area contributed by atoms with Crippen LogP contribution in [0.5, 0.6) is 0 Å². The molecule has 5 N–H and O–H groups in total. The van der Waals surface area contributed by atoms with Crippen LogP contribution in [0.15, 0.2) is 42.0 Å². The second-order valence-electron chi connectivity index (χ2n) is 7.19. The molecule has 13 heteroatoms. The van der Waals surface area contributed by atoms with E-state index in [-0.39, 0.29) is 48.0 Å². The maximum atomic E-state index is 14.0. The number of nitrogens with one attached hydrogen (secondary N) is 1. The first-order valence-corrected chi connectivity index (χ1v) is 9.72. The van der Waals surface area contributed by atoms with E-state index in [0.29, 0.717) is 6.29 Å². The van der Waals surface area contributed by atoms with Gasteiger partial charge in [0.15, 0.2) is 6.29 Å². The predicted molar refractivity (Wildman–Crippen MR) is 110 cm³/mol. The Kier molecular flexibility index (Phi) is 8.65. The number of aldehydes is 1. The third-order valence-corrected chi connectivity index (χ3v) is 4.24. The number of pyridine rings is 1. The van der Waals surface area contributed by atoms with Crippen LogP contribution in [0, 0.1) is 6.92 Å². The fourth-order valence-electron chi connectivity index (χ4n) is 2.76. The third-order valence-electron chi connectivity index (χ3n) is 4.24. The summed E-state index contributed by atoms with van der Waals surface area (Å²) in [4.78, 5) is 26.5. The van der Waals surface area contributed by atoms with Gasteiger partial charge in [-0.3, -0.25) is 14.6 Å². The molecule has 1 unspecified atom stereocenters. The van der Waals surface area contributed by atoms with Crippen molar-refractivity contribution >= 4 is 12.2 Å². The number of carbonyl (C=O) groups is 2. The second kappa shape index (κ2) is 11.2. The molecule has 2 heterocycles. The van der Waals surface area contributed by atoms with Crippen LogP contribution in [0.1, 0.15) is 40.3 Å². The van der Waals surface area contributed by atoms with Gasteiger partial charge in [-0.05, 0) is 44.1 Å². The molecule has 0 aliphatic heterocycles. The molecule has 0 fully saturated rings. The van der Waals surface area contributed by atoms with Crippen molar-refractivity contribution in [3.8, 4) is 0 Å². The smallest absolute Gasteiger partial charge is 0.402 e. The van der Waals surface area contributed by atoms with Crippen LogP contribution in [-0.2, 0) is 23.9 Å². The van der Waals surface area contributed by atoms with Crippen molar-refractivity contribution in [3.05, 3.63) is 64.6 Å². The molecular formula is C20H23F4N7O2. The van der Waals surface area contributed by atoms with Gasteiger partial charge in [0, 0.05) is 11.4 Å². The summed E-state index contributed by atoms with van der Waals surface area (Å²) in [5.41, 5.74) is 11.1. The predicted octanol–water partition coefficient (Wildman–Crippen LogP) is 1.93. The van der Waals surface area contributed by atoms with E-state index in [1.807, 2.05) is 0 Å². The van der Waals surface area contributed by atoms with E-state index in [9.17, 15) is 27.2 Å². The van der Waals surface area contributed by atoms with Crippen LogP contribution in [0.2, 0.25) is 0 Å². The van der Waals surface area contributed by atoms with Gasteiger partial charge in [0.25, 0.3) is 0 Å². The minimum atomic E-state index is -4.55. The van der Waals surface area contributed by atoms with Crippen LogP contribution in [0.3, 0.4) is 0 Å². The van der Waals surface area contributed by atoms with E-state index in [4.69, 9.17) is 11.5 Å². The Labute approximate surface area is 186 Å². The largest absolute Gasteiger partial charge is 0.416 e. The Bertz CT molecular complexity index is 1050. The summed E-state index contributed by atoms with van der Waals surface area (Å²) in [5, 5.41) is 9.47. The van der Waals surface area contributed by atoms with Gasteiger partial charge in [0.1, 0.15) is 17.7 Å². The molecule has 0 aromatic carbocycles. The van der Waals surface area contributed by atoms with Gasteiger partial charge in [0.05, 0.1) is 30.4 Å². The lowest BCUT2D eigenvalue weighted by atomic mass is 10.1. The lowest BCUT2D eigenvalue weighted by Crippen LogP contribution is -2.29. The highest BCUT2D eigenvalue weighted by atomic mass is 19.4.